The topological polar surface area (TPSA) is 57.5 Å². The Bertz CT molecular complexity index is 677. The highest BCUT2D eigenvalue weighted by atomic mass is 16.4. The van der Waals surface area contributed by atoms with Crippen molar-refractivity contribution < 1.29 is 15.0 Å². The molecule has 3 heteroatoms. The quantitative estimate of drug-likeness (QED) is 0.873. The summed E-state index contributed by atoms with van der Waals surface area (Å²) in [5, 5.41) is 20.2. The van der Waals surface area contributed by atoms with Crippen LogP contribution >= 0.6 is 0 Å². The summed E-state index contributed by atoms with van der Waals surface area (Å²) in [5.41, 5.74) is 3.52. The molecule has 0 aliphatic heterocycles. The predicted octanol–water partition coefficient (Wildman–Crippen LogP) is 3.79. The van der Waals surface area contributed by atoms with Crippen molar-refractivity contribution in [3.05, 3.63) is 41.5 Å². The zero-order chi connectivity index (χ0) is 17.0. The number of aliphatic hydroxyl groups is 1. The van der Waals surface area contributed by atoms with E-state index in [1.165, 1.54) is 11.1 Å². The van der Waals surface area contributed by atoms with E-state index in [9.17, 15) is 15.0 Å². The van der Waals surface area contributed by atoms with Gasteiger partial charge in [-0.15, -0.1) is 0 Å². The van der Waals surface area contributed by atoms with E-state index in [-0.39, 0.29) is 11.3 Å². The lowest BCUT2D eigenvalue weighted by Crippen LogP contribution is -2.58. The Morgan fingerprint density at radius 2 is 2.00 bits per heavy atom. The van der Waals surface area contributed by atoms with Crippen molar-refractivity contribution in [3.8, 4) is 0 Å². The molecule has 0 heterocycles. The number of fused-ring (bicyclic) bond motifs is 3. The predicted molar refractivity (Wildman–Crippen MR) is 91.3 cm³/mol. The fourth-order valence-corrected chi connectivity index (χ4v) is 4.96. The summed E-state index contributed by atoms with van der Waals surface area (Å²) >= 11 is 0. The number of allylic oxidation sites excluding steroid dienone is 1. The van der Waals surface area contributed by atoms with Gasteiger partial charge in [0, 0.05) is 0 Å². The van der Waals surface area contributed by atoms with Crippen molar-refractivity contribution >= 4 is 11.5 Å². The standard InChI is InChI=1S/C20H26O3/c1-12(2)13-5-7-15-14(11-13)6-8-16-19(15,3)10-9-17(21)20(16,4)18(22)23/h5,7,11,16-17,21H,1,6,8-10H2,2-4H3,(H,22,23)/t16-,17-,19+,20-/m0/s1. The molecule has 2 aliphatic carbocycles. The minimum absolute atomic E-state index is 0.0422. The molecule has 0 amide bonds. The Hall–Kier alpha value is -1.61. The third-order valence-electron chi connectivity index (χ3n) is 6.50. The Morgan fingerprint density at radius 1 is 1.30 bits per heavy atom. The molecule has 23 heavy (non-hydrogen) atoms. The van der Waals surface area contributed by atoms with E-state index in [0.29, 0.717) is 6.42 Å². The summed E-state index contributed by atoms with van der Waals surface area (Å²) in [4.78, 5) is 12.0. The lowest BCUT2D eigenvalue weighted by atomic mass is 9.49. The lowest BCUT2D eigenvalue weighted by molar-refractivity contribution is -0.171. The van der Waals surface area contributed by atoms with Gasteiger partial charge in [0.15, 0.2) is 0 Å². The fourth-order valence-electron chi connectivity index (χ4n) is 4.96. The van der Waals surface area contributed by atoms with E-state index >= 15 is 0 Å². The van der Waals surface area contributed by atoms with E-state index in [4.69, 9.17) is 0 Å². The van der Waals surface area contributed by atoms with E-state index in [1.807, 2.05) is 6.92 Å². The molecule has 124 valence electrons. The minimum atomic E-state index is -1.07. The van der Waals surface area contributed by atoms with Gasteiger partial charge in [0.1, 0.15) is 0 Å². The molecule has 1 aromatic rings. The van der Waals surface area contributed by atoms with Crippen LogP contribution in [0.1, 0.15) is 56.7 Å². The van der Waals surface area contributed by atoms with Gasteiger partial charge in [-0.2, -0.15) is 0 Å². The molecule has 1 fully saturated rings. The molecule has 0 aromatic heterocycles. The molecule has 0 unspecified atom stereocenters. The summed E-state index contributed by atoms with van der Waals surface area (Å²) in [5.74, 6) is -0.914. The molecule has 0 saturated heterocycles. The lowest BCUT2D eigenvalue weighted by Gasteiger charge is -2.55. The summed E-state index contributed by atoms with van der Waals surface area (Å²) in [7, 11) is 0. The van der Waals surface area contributed by atoms with Crippen LogP contribution in [-0.4, -0.2) is 22.3 Å². The van der Waals surface area contributed by atoms with Gasteiger partial charge in [-0.1, -0.05) is 37.3 Å². The number of aliphatic carboxylic acids is 1. The number of carboxylic acids is 1. The summed E-state index contributed by atoms with van der Waals surface area (Å²) < 4.78 is 0. The molecule has 2 aliphatic rings. The summed E-state index contributed by atoms with van der Waals surface area (Å²) in [6.07, 6.45) is 2.28. The Balaban J connectivity index is 2.11. The number of hydrogen-bond donors (Lipinski definition) is 2. The van der Waals surface area contributed by atoms with Crippen LogP contribution in [0.25, 0.3) is 5.57 Å². The number of aryl methyl sites for hydroxylation is 1. The second kappa shape index (κ2) is 5.20. The second-order valence-corrected chi connectivity index (χ2v) is 7.80. The molecule has 1 saturated carbocycles. The van der Waals surface area contributed by atoms with Gasteiger partial charge in [0.2, 0.25) is 0 Å². The van der Waals surface area contributed by atoms with Gasteiger partial charge in [0.05, 0.1) is 11.5 Å². The number of rotatable bonds is 2. The van der Waals surface area contributed by atoms with Crippen LogP contribution in [0.5, 0.6) is 0 Å². The van der Waals surface area contributed by atoms with E-state index in [1.54, 1.807) is 6.92 Å². The Morgan fingerprint density at radius 3 is 2.61 bits per heavy atom. The van der Waals surface area contributed by atoms with Crippen molar-refractivity contribution in [2.75, 3.05) is 0 Å². The van der Waals surface area contributed by atoms with Gasteiger partial charge in [0.25, 0.3) is 0 Å². The number of benzene rings is 1. The maximum atomic E-state index is 12.0. The first kappa shape index (κ1) is 16.3. The zero-order valence-corrected chi connectivity index (χ0v) is 14.2. The highest BCUT2D eigenvalue weighted by Gasteiger charge is 2.59. The van der Waals surface area contributed by atoms with Gasteiger partial charge in [-0.3, -0.25) is 4.79 Å². The molecular weight excluding hydrogens is 288 g/mol. The molecule has 3 rings (SSSR count). The van der Waals surface area contributed by atoms with Crippen LogP contribution in [0.15, 0.2) is 24.8 Å². The highest BCUT2D eigenvalue weighted by Crippen LogP contribution is 2.57. The summed E-state index contributed by atoms with van der Waals surface area (Å²) in [6, 6.07) is 6.46. The van der Waals surface area contributed by atoms with Crippen molar-refractivity contribution in [1.82, 2.24) is 0 Å². The van der Waals surface area contributed by atoms with Gasteiger partial charge >= 0.3 is 5.97 Å². The van der Waals surface area contributed by atoms with Crippen molar-refractivity contribution in [2.24, 2.45) is 11.3 Å². The first-order chi connectivity index (χ1) is 10.7. The molecule has 0 spiro atoms. The maximum absolute atomic E-state index is 12.0. The highest BCUT2D eigenvalue weighted by molar-refractivity contribution is 5.76. The van der Waals surface area contributed by atoms with Gasteiger partial charge in [-0.25, -0.2) is 0 Å². The van der Waals surface area contributed by atoms with E-state index < -0.39 is 17.5 Å². The molecule has 4 atom stereocenters. The average molecular weight is 314 g/mol. The largest absolute Gasteiger partial charge is 0.481 e. The van der Waals surface area contributed by atoms with Crippen molar-refractivity contribution in [2.45, 2.75) is 58.0 Å². The first-order valence-corrected chi connectivity index (χ1v) is 8.42. The molecule has 3 nitrogen and oxygen atoms in total. The van der Waals surface area contributed by atoms with Crippen LogP contribution in [0, 0.1) is 11.3 Å². The number of hydrogen-bond acceptors (Lipinski definition) is 2. The zero-order valence-electron chi connectivity index (χ0n) is 14.2. The van der Waals surface area contributed by atoms with E-state index in [0.717, 1.165) is 30.4 Å². The Labute approximate surface area is 138 Å². The van der Waals surface area contributed by atoms with Crippen LogP contribution in [0.3, 0.4) is 0 Å². The smallest absolute Gasteiger partial charge is 0.312 e. The first-order valence-electron chi connectivity index (χ1n) is 8.42. The maximum Gasteiger partial charge on any atom is 0.312 e. The van der Waals surface area contributed by atoms with Crippen LogP contribution in [0.2, 0.25) is 0 Å². The molecule has 0 radical (unpaired) electrons. The van der Waals surface area contributed by atoms with Gasteiger partial charge in [-0.05, 0) is 67.6 Å². The average Bonchev–Trinajstić information content (AvgIpc) is 2.50. The summed E-state index contributed by atoms with van der Waals surface area (Å²) in [6.45, 7) is 9.94. The molecule has 0 bridgehead atoms. The van der Waals surface area contributed by atoms with Crippen LogP contribution in [0.4, 0.5) is 0 Å². The fraction of sp³-hybridized carbons (Fsp3) is 0.550. The monoisotopic (exact) mass is 314 g/mol. The normalized spacial score (nSPS) is 36.0. The third kappa shape index (κ3) is 2.17. The molecule has 1 aromatic carbocycles. The number of carboxylic acid groups (broad SMARTS) is 1. The van der Waals surface area contributed by atoms with Crippen molar-refractivity contribution in [1.29, 1.82) is 0 Å². The molecular formula is C20H26O3. The van der Waals surface area contributed by atoms with Crippen LogP contribution in [-0.2, 0) is 16.6 Å². The second-order valence-electron chi connectivity index (χ2n) is 7.80. The van der Waals surface area contributed by atoms with E-state index in [2.05, 4.69) is 31.7 Å². The van der Waals surface area contributed by atoms with Gasteiger partial charge < -0.3 is 10.2 Å². The molecule has 2 N–H and O–H groups in total. The third-order valence-corrected chi connectivity index (χ3v) is 6.50. The van der Waals surface area contributed by atoms with Crippen molar-refractivity contribution in [3.63, 3.8) is 0 Å². The number of carbonyl (C=O) groups is 1. The SMILES string of the molecule is C=C(C)c1ccc2c(c1)CC[C@@H]1[C@](C)(C(=O)O)[C@@H](O)CC[C@]21C. The van der Waals surface area contributed by atoms with Crippen LogP contribution < -0.4 is 0 Å². The Kier molecular flexibility index (Phi) is 3.68. The minimum Gasteiger partial charge on any atom is -0.481 e. The number of aliphatic hydroxyl groups excluding tert-OH is 1.